The average Bonchev–Trinajstić information content (AvgIpc) is 3.49. The first-order valence-electron chi connectivity index (χ1n) is 12.6. The molecule has 37 heavy (non-hydrogen) atoms. The molecule has 3 heterocycles. The van der Waals surface area contributed by atoms with Crippen molar-refractivity contribution in [1.82, 2.24) is 0 Å². The maximum atomic E-state index is 13.7. The predicted octanol–water partition coefficient (Wildman–Crippen LogP) is 3.71. The van der Waals surface area contributed by atoms with Crippen molar-refractivity contribution in [3.63, 3.8) is 0 Å². The Bertz CT molecular complexity index is 1240. The topological polar surface area (TPSA) is 97.4 Å². The van der Waals surface area contributed by atoms with Crippen molar-refractivity contribution in [3.8, 4) is 0 Å². The second-order valence-corrected chi connectivity index (χ2v) is 11.4. The minimum atomic E-state index is -1.47. The third-order valence-electron chi connectivity index (χ3n) is 8.73. The van der Waals surface area contributed by atoms with Crippen molar-refractivity contribution in [2.75, 3.05) is 0 Å². The van der Waals surface area contributed by atoms with Crippen LogP contribution in [0.3, 0.4) is 0 Å². The van der Waals surface area contributed by atoms with E-state index in [1.165, 1.54) is 0 Å². The van der Waals surface area contributed by atoms with Gasteiger partial charge in [-0.2, -0.15) is 0 Å². The summed E-state index contributed by atoms with van der Waals surface area (Å²) in [6.07, 6.45) is -3.31. The fourth-order valence-electron chi connectivity index (χ4n) is 7.22. The largest absolute Gasteiger partial charge is 0.461 e. The molecule has 4 unspecified atom stereocenters. The molecule has 3 saturated heterocycles. The number of benzene rings is 2. The summed E-state index contributed by atoms with van der Waals surface area (Å²) in [6, 6.07) is 19.1. The Morgan fingerprint density at radius 2 is 1.49 bits per heavy atom. The first-order valence-corrected chi connectivity index (χ1v) is 12.6. The molecule has 2 spiro atoms. The second kappa shape index (κ2) is 8.13. The first kappa shape index (κ1) is 24.1. The highest BCUT2D eigenvalue weighted by Gasteiger charge is 2.93. The third kappa shape index (κ3) is 3.06. The fourth-order valence-corrected chi connectivity index (χ4v) is 7.22. The van der Waals surface area contributed by atoms with Gasteiger partial charge in [0.15, 0.2) is 6.10 Å². The zero-order chi connectivity index (χ0) is 26.1. The molecule has 0 bridgehead atoms. The summed E-state index contributed by atoms with van der Waals surface area (Å²) in [5.41, 5.74) is -2.93. The van der Waals surface area contributed by atoms with Crippen molar-refractivity contribution in [1.29, 1.82) is 0 Å². The number of ether oxygens (including phenoxy) is 5. The predicted molar refractivity (Wildman–Crippen MR) is 128 cm³/mol. The van der Waals surface area contributed by atoms with Gasteiger partial charge < -0.3 is 23.7 Å². The molecule has 8 nitrogen and oxygen atoms in total. The Balaban J connectivity index is 1.52. The molecule has 4 fully saturated rings. The molecule has 8 heteroatoms. The highest BCUT2D eigenvalue weighted by molar-refractivity contribution is 5.95. The van der Waals surface area contributed by atoms with Crippen molar-refractivity contribution >= 4 is 17.9 Å². The molecule has 0 radical (unpaired) electrons. The van der Waals surface area contributed by atoms with Crippen LogP contribution in [0.15, 0.2) is 60.7 Å². The molecule has 2 aromatic carbocycles. The molecule has 6 rings (SSSR count). The number of hydrogen-bond donors (Lipinski definition) is 0. The summed E-state index contributed by atoms with van der Waals surface area (Å²) in [6.45, 7) is 6.33. The normalized spacial score (nSPS) is 36.0. The number of hydrogen-bond acceptors (Lipinski definition) is 8. The fraction of sp³-hybridized carbons (Fsp3) is 0.483. The monoisotopic (exact) mass is 506 g/mol. The van der Waals surface area contributed by atoms with Crippen LogP contribution in [0.4, 0.5) is 0 Å². The van der Waals surface area contributed by atoms with Crippen LogP contribution in [-0.2, 0) is 51.3 Å². The Morgan fingerprint density at radius 3 is 2.11 bits per heavy atom. The molecule has 6 atom stereocenters. The highest BCUT2D eigenvalue weighted by atomic mass is 16.7. The van der Waals surface area contributed by atoms with E-state index in [9.17, 15) is 14.4 Å². The highest BCUT2D eigenvalue weighted by Crippen LogP contribution is 2.77. The van der Waals surface area contributed by atoms with Gasteiger partial charge in [-0.05, 0) is 16.5 Å². The number of carbonyl (C=O) groups is 3. The van der Waals surface area contributed by atoms with Crippen molar-refractivity contribution in [3.05, 3.63) is 71.8 Å². The lowest BCUT2D eigenvalue weighted by molar-refractivity contribution is -0.258. The van der Waals surface area contributed by atoms with Crippen LogP contribution in [0, 0.1) is 16.2 Å². The summed E-state index contributed by atoms with van der Waals surface area (Å²) in [5.74, 6) is -1.75. The van der Waals surface area contributed by atoms with E-state index in [0.29, 0.717) is 0 Å². The quantitative estimate of drug-likeness (QED) is 0.547. The summed E-state index contributed by atoms with van der Waals surface area (Å²) < 4.78 is 30.5. The van der Waals surface area contributed by atoms with Crippen LogP contribution in [0.25, 0.3) is 0 Å². The smallest absolute Gasteiger partial charge is 0.339 e. The average molecular weight is 507 g/mol. The number of esters is 3. The zero-order valence-electron chi connectivity index (χ0n) is 21.1. The maximum Gasteiger partial charge on any atom is 0.339 e. The van der Waals surface area contributed by atoms with Gasteiger partial charge in [0.05, 0.1) is 25.2 Å². The standard InChI is InChI=1S/C29H30O8/c1-26(2,3)28(34-17-19-12-8-5-9-13-19)14-20-27(15-21(30)35-20)24(32)37-25-29(27,28)22(23(31)36-25)33-16-18-10-6-4-7-11-18/h4-13,20,22,25H,14-17H2,1-3H3/t20?,22-,25?,27?,28-,29?/m1/s1. The van der Waals surface area contributed by atoms with Gasteiger partial charge >= 0.3 is 17.9 Å². The summed E-state index contributed by atoms with van der Waals surface area (Å²) >= 11 is 0. The van der Waals surface area contributed by atoms with E-state index in [2.05, 4.69) is 0 Å². The first-order chi connectivity index (χ1) is 17.7. The van der Waals surface area contributed by atoms with Crippen LogP contribution in [0.2, 0.25) is 0 Å². The van der Waals surface area contributed by atoms with Gasteiger partial charge in [0.1, 0.15) is 16.9 Å². The van der Waals surface area contributed by atoms with E-state index in [0.717, 1.165) is 11.1 Å². The molecule has 194 valence electrons. The molecule has 0 aromatic heterocycles. The Kier molecular flexibility index (Phi) is 5.30. The van der Waals surface area contributed by atoms with Gasteiger partial charge in [-0.15, -0.1) is 0 Å². The van der Waals surface area contributed by atoms with E-state index < -0.39 is 58.3 Å². The van der Waals surface area contributed by atoms with E-state index >= 15 is 0 Å². The maximum absolute atomic E-state index is 13.7. The van der Waals surface area contributed by atoms with Gasteiger partial charge in [-0.3, -0.25) is 9.59 Å². The lowest BCUT2D eigenvalue weighted by Gasteiger charge is -2.53. The van der Waals surface area contributed by atoms with Crippen molar-refractivity contribution < 1.29 is 38.1 Å². The number of rotatable bonds is 6. The summed E-state index contributed by atoms with van der Waals surface area (Å²) in [4.78, 5) is 39.9. The van der Waals surface area contributed by atoms with Crippen LogP contribution in [-0.4, -0.2) is 42.0 Å². The minimum absolute atomic E-state index is 0.109. The van der Waals surface area contributed by atoms with Gasteiger partial charge in [-0.1, -0.05) is 81.4 Å². The van der Waals surface area contributed by atoms with Crippen LogP contribution >= 0.6 is 0 Å². The Labute approximate surface area is 215 Å². The van der Waals surface area contributed by atoms with Gasteiger partial charge in [-0.25, -0.2) is 4.79 Å². The van der Waals surface area contributed by atoms with Crippen LogP contribution in [0.1, 0.15) is 44.7 Å². The zero-order valence-corrected chi connectivity index (χ0v) is 21.1. The minimum Gasteiger partial charge on any atom is -0.461 e. The summed E-state index contributed by atoms with van der Waals surface area (Å²) in [5, 5.41) is 0. The van der Waals surface area contributed by atoms with E-state index in [4.69, 9.17) is 23.7 Å². The molecule has 0 N–H and O–H groups in total. The van der Waals surface area contributed by atoms with Gasteiger partial charge in [0.25, 0.3) is 6.29 Å². The van der Waals surface area contributed by atoms with E-state index in [-0.39, 0.29) is 26.1 Å². The van der Waals surface area contributed by atoms with Gasteiger partial charge in [0.2, 0.25) is 0 Å². The molecule has 2 aromatic rings. The SMILES string of the molecule is CC(C)(C)[C@]1(OCc2ccccc2)CC2OC(=O)CC23C(=O)OC2OC(=O)[C@@H](OCc4ccccc4)C231. The third-order valence-corrected chi connectivity index (χ3v) is 8.73. The molecule has 3 aliphatic heterocycles. The van der Waals surface area contributed by atoms with Crippen LogP contribution < -0.4 is 0 Å². The number of carbonyl (C=O) groups excluding carboxylic acids is 3. The van der Waals surface area contributed by atoms with Crippen LogP contribution in [0.5, 0.6) is 0 Å². The molecule has 4 aliphatic rings. The second-order valence-electron chi connectivity index (χ2n) is 11.4. The molecular weight excluding hydrogens is 476 g/mol. The molecule has 1 aliphatic carbocycles. The Morgan fingerprint density at radius 1 is 0.865 bits per heavy atom. The lowest BCUT2D eigenvalue weighted by atomic mass is 9.52. The summed E-state index contributed by atoms with van der Waals surface area (Å²) in [7, 11) is 0. The van der Waals surface area contributed by atoms with Gasteiger partial charge in [0, 0.05) is 6.42 Å². The van der Waals surface area contributed by atoms with E-state index in [1.54, 1.807) is 0 Å². The molecular formula is C29H30O8. The Hall–Kier alpha value is -3.23. The van der Waals surface area contributed by atoms with E-state index in [1.807, 2.05) is 81.4 Å². The van der Waals surface area contributed by atoms with Crippen molar-refractivity contribution in [2.24, 2.45) is 16.2 Å². The molecule has 0 amide bonds. The lowest BCUT2D eigenvalue weighted by Crippen LogP contribution is -2.66. The van der Waals surface area contributed by atoms with Crippen molar-refractivity contribution in [2.45, 2.75) is 70.9 Å². The molecule has 1 saturated carbocycles.